The molecule has 4 nitrogen and oxygen atoms in total. The van der Waals surface area contributed by atoms with E-state index < -0.39 is 6.04 Å². The molecule has 1 aliphatic carbocycles. The summed E-state index contributed by atoms with van der Waals surface area (Å²) in [5.74, 6) is 0.255. The molecular weight excluding hydrogens is 320 g/mol. The number of amides is 2. The van der Waals surface area contributed by atoms with Crippen molar-refractivity contribution in [1.29, 1.82) is 0 Å². The molecule has 2 unspecified atom stereocenters. The Morgan fingerprint density at radius 1 is 1.25 bits per heavy atom. The third kappa shape index (κ3) is 2.35. The Hall–Kier alpha value is -1.36. The van der Waals surface area contributed by atoms with Crippen LogP contribution in [0, 0.1) is 12.8 Å². The molecule has 2 fully saturated rings. The molecule has 1 saturated heterocycles. The van der Waals surface area contributed by atoms with Gasteiger partial charge in [0.1, 0.15) is 12.1 Å². The summed E-state index contributed by atoms with van der Waals surface area (Å²) in [7, 11) is 0. The maximum absolute atomic E-state index is 12.7. The number of benzene rings is 1. The number of rotatable bonds is 2. The highest BCUT2D eigenvalue weighted by Gasteiger charge is 2.46. The smallest absolute Gasteiger partial charge is 0.250 e. The van der Waals surface area contributed by atoms with Crippen LogP contribution >= 0.6 is 15.9 Å². The summed E-state index contributed by atoms with van der Waals surface area (Å²) in [5, 5.41) is 2.86. The van der Waals surface area contributed by atoms with Crippen molar-refractivity contribution in [2.45, 2.75) is 38.8 Å². The monoisotopic (exact) mass is 336 g/mol. The number of hydrogen-bond acceptors (Lipinski definition) is 2. The SMILES string of the molecule is Cc1cc(Br)cc(N2C(=O)C(C3CC3)NC(=O)C2C)c1. The lowest BCUT2D eigenvalue weighted by atomic mass is 10.0. The first-order chi connectivity index (χ1) is 9.47. The minimum atomic E-state index is -0.466. The van der Waals surface area contributed by atoms with E-state index >= 15 is 0 Å². The number of hydrogen-bond donors (Lipinski definition) is 1. The number of nitrogens with one attached hydrogen (secondary N) is 1. The zero-order valence-corrected chi connectivity index (χ0v) is 13.1. The van der Waals surface area contributed by atoms with Gasteiger partial charge in [0.15, 0.2) is 0 Å². The van der Waals surface area contributed by atoms with Crippen LogP contribution in [-0.4, -0.2) is 23.9 Å². The van der Waals surface area contributed by atoms with Crippen molar-refractivity contribution in [3.8, 4) is 0 Å². The fraction of sp³-hybridized carbons (Fsp3) is 0.467. The van der Waals surface area contributed by atoms with Crippen LogP contribution in [0.15, 0.2) is 22.7 Å². The lowest BCUT2D eigenvalue weighted by Gasteiger charge is -2.37. The first kappa shape index (κ1) is 13.6. The normalized spacial score (nSPS) is 26.6. The molecule has 2 atom stereocenters. The van der Waals surface area contributed by atoms with Crippen LogP contribution in [0.5, 0.6) is 0 Å². The van der Waals surface area contributed by atoms with E-state index in [1.807, 2.05) is 25.1 Å². The Balaban J connectivity index is 1.99. The van der Waals surface area contributed by atoms with E-state index in [-0.39, 0.29) is 17.9 Å². The van der Waals surface area contributed by atoms with E-state index in [2.05, 4.69) is 21.2 Å². The molecule has 1 saturated carbocycles. The molecule has 1 N–H and O–H groups in total. The first-order valence-electron chi connectivity index (χ1n) is 6.88. The third-order valence-electron chi connectivity index (χ3n) is 3.97. The number of carbonyl (C=O) groups is 2. The van der Waals surface area contributed by atoms with E-state index in [1.54, 1.807) is 11.8 Å². The van der Waals surface area contributed by atoms with Gasteiger partial charge in [0.05, 0.1) is 0 Å². The molecule has 0 spiro atoms. The molecule has 1 aliphatic heterocycles. The average Bonchev–Trinajstić information content (AvgIpc) is 3.17. The van der Waals surface area contributed by atoms with Gasteiger partial charge in [0.25, 0.3) is 5.91 Å². The predicted octanol–water partition coefficient (Wildman–Crippen LogP) is 2.39. The minimum Gasteiger partial charge on any atom is -0.342 e. The van der Waals surface area contributed by atoms with Gasteiger partial charge in [-0.15, -0.1) is 0 Å². The van der Waals surface area contributed by atoms with Crippen molar-refractivity contribution in [2.24, 2.45) is 5.92 Å². The Kier molecular flexibility index (Phi) is 3.32. The molecule has 1 aromatic rings. The van der Waals surface area contributed by atoms with Gasteiger partial charge in [0.2, 0.25) is 5.91 Å². The molecule has 5 heteroatoms. The highest BCUT2D eigenvalue weighted by atomic mass is 79.9. The molecule has 20 heavy (non-hydrogen) atoms. The Morgan fingerprint density at radius 2 is 1.95 bits per heavy atom. The predicted molar refractivity (Wildman–Crippen MR) is 80.5 cm³/mol. The van der Waals surface area contributed by atoms with Gasteiger partial charge in [-0.05, 0) is 56.4 Å². The van der Waals surface area contributed by atoms with Crippen molar-refractivity contribution >= 4 is 33.4 Å². The number of nitrogens with zero attached hydrogens (tertiary/aromatic N) is 1. The molecule has 0 aromatic heterocycles. The molecule has 106 valence electrons. The van der Waals surface area contributed by atoms with Crippen LogP contribution < -0.4 is 10.2 Å². The van der Waals surface area contributed by atoms with E-state index in [9.17, 15) is 9.59 Å². The van der Waals surface area contributed by atoms with E-state index in [0.29, 0.717) is 5.92 Å². The number of aryl methyl sites for hydroxylation is 1. The number of anilines is 1. The quantitative estimate of drug-likeness (QED) is 0.901. The summed E-state index contributed by atoms with van der Waals surface area (Å²) in [6, 6.07) is 5.01. The second-order valence-corrected chi connectivity index (χ2v) is 6.61. The van der Waals surface area contributed by atoms with Gasteiger partial charge in [0, 0.05) is 10.2 Å². The largest absolute Gasteiger partial charge is 0.342 e. The van der Waals surface area contributed by atoms with Crippen LogP contribution in [0.3, 0.4) is 0 Å². The number of carbonyl (C=O) groups excluding carboxylic acids is 2. The fourth-order valence-corrected chi connectivity index (χ4v) is 3.35. The average molecular weight is 337 g/mol. The zero-order chi connectivity index (χ0) is 14.4. The van der Waals surface area contributed by atoms with E-state index in [0.717, 1.165) is 28.6 Å². The summed E-state index contributed by atoms with van der Waals surface area (Å²) >= 11 is 3.45. The van der Waals surface area contributed by atoms with Crippen molar-refractivity contribution in [1.82, 2.24) is 5.32 Å². The van der Waals surface area contributed by atoms with Crippen LogP contribution in [0.2, 0.25) is 0 Å². The Morgan fingerprint density at radius 3 is 2.55 bits per heavy atom. The summed E-state index contributed by atoms with van der Waals surface area (Å²) < 4.78 is 0.918. The van der Waals surface area contributed by atoms with Crippen LogP contribution in [0.4, 0.5) is 5.69 Å². The lowest BCUT2D eigenvalue weighted by molar-refractivity contribution is -0.133. The molecule has 1 aromatic carbocycles. The van der Waals surface area contributed by atoms with Gasteiger partial charge < -0.3 is 5.32 Å². The molecular formula is C15H17BrN2O2. The summed E-state index contributed by atoms with van der Waals surface area (Å²) in [5.41, 5.74) is 1.85. The molecule has 0 radical (unpaired) electrons. The third-order valence-corrected chi connectivity index (χ3v) is 4.42. The maximum atomic E-state index is 12.7. The topological polar surface area (TPSA) is 49.4 Å². The summed E-state index contributed by atoms with van der Waals surface area (Å²) in [4.78, 5) is 26.4. The summed E-state index contributed by atoms with van der Waals surface area (Å²) in [6.45, 7) is 3.75. The van der Waals surface area contributed by atoms with Gasteiger partial charge >= 0.3 is 0 Å². The highest BCUT2D eigenvalue weighted by molar-refractivity contribution is 9.10. The van der Waals surface area contributed by atoms with Crippen molar-refractivity contribution in [3.05, 3.63) is 28.2 Å². The minimum absolute atomic E-state index is 0.0112. The van der Waals surface area contributed by atoms with E-state index in [4.69, 9.17) is 0 Å². The van der Waals surface area contributed by atoms with Crippen LogP contribution in [-0.2, 0) is 9.59 Å². The molecule has 3 rings (SSSR count). The number of halogens is 1. The maximum Gasteiger partial charge on any atom is 0.250 e. The molecule has 1 heterocycles. The van der Waals surface area contributed by atoms with Crippen LogP contribution in [0.25, 0.3) is 0 Å². The molecule has 0 bridgehead atoms. The standard InChI is InChI=1S/C15H17BrN2O2/c1-8-5-11(16)7-12(6-8)18-9(2)14(19)17-13(15(18)20)10-3-4-10/h5-7,9-10,13H,3-4H2,1-2H3,(H,17,19). The molecule has 2 amide bonds. The fourth-order valence-electron chi connectivity index (χ4n) is 2.75. The Bertz CT molecular complexity index is 563. The van der Waals surface area contributed by atoms with Crippen molar-refractivity contribution in [3.63, 3.8) is 0 Å². The van der Waals surface area contributed by atoms with Gasteiger partial charge in [-0.3, -0.25) is 14.5 Å². The Labute approximate surface area is 126 Å². The van der Waals surface area contributed by atoms with Gasteiger partial charge in [-0.2, -0.15) is 0 Å². The van der Waals surface area contributed by atoms with Crippen molar-refractivity contribution < 1.29 is 9.59 Å². The second kappa shape index (κ2) is 4.88. The first-order valence-corrected chi connectivity index (χ1v) is 7.67. The lowest BCUT2D eigenvalue weighted by Crippen LogP contribution is -2.63. The van der Waals surface area contributed by atoms with E-state index in [1.165, 1.54) is 0 Å². The zero-order valence-electron chi connectivity index (χ0n) is 11.5. The van der Waals surface area contributed by atoms with Gasteiger partial charge in [-0.1, -0.05) is 15.9 Å². The van der Waals surface area contributed by atoms with Crippen molar-refractivity contribution in [2.75, 3.05) is 4.90 Å². The highest BCUT2D eigenvalue weighted by Crippen LogP contribution is 2.36. The second-order valence-electron chi connectivity index (χ2n) is 5.69. The molecule has 2 aliphatic rings. The summed E-state index contributed by atoms with van der Waals surface area (Å²) in [6.07, 6.45) is 2.05. The van der Waals surface area contributed by atoms with Crippen LogP contribution in [0.1, 0.15) is 25.3 Å². The van der Waals surface area contributed by atoms with Gasteiger partial charge in [-0.25, -0.2) is 0 Å². The number of piperazine rings is 1.